The maximum Gasteiger partial charge on any atom is 0.223 e. The summed E-state index contributed by atoms with van der Waals surface area (Å²) in [7, 11) is 0. The van der Waals surface area contributed by atoms with E-state index in [4.69, 9.17) is 5.73 Å². The highest BCUT2D eigenvalue weighted by atomic mass is 16.1. The van der Waals surface area contributed by atoms with E-state index in [1.54, 1.807) is 0 Å². The van der Waals surface area contributed by atoms with Gasteiger partial charge in [-0.05, 0) is 31.6 Å². The maximum atomic E-state index is 11.8. The van der Waals surface area contributed by atoms with Crippen LogP contribution in [-0.4, -0.2) is 5.91 Å². The van der Waals surface area contributed by atoms with Crippen molar-refractivity contribution in [2.24, 2.45) is 17.1 Å². The molecular formula is C13H23NO. The molecule has 0 atom stereocenters. The van der Waals surface area contributed by atoms with Gasteiger partial charge in [-0.1, -0.05) is 38.5 Å². The number of hydrogen-bond acceptors (Lipinski definition) is 1. The van der Waals surface area contributed by atoms with Crippen LogP contribution in [0.2, 0.25) is 0 Å². The Hall–Kier alpha value is -0.530. The number of amides is 1. The van der Waals surface area contributed by atoms with Crippen LogP contribution in [0.1, 0.15) is 64.2 Å². The van der Waals surface area contributed by atoms with Gasteiger partial charge in [-0.15, -0.1) is 0 Å². The molecule has 0 aromatic heterocycles. The molecule has 1 amide bonds. The second kappa shape index (κ2) is 4.54. The van der Waals surface area contributed by atoms with E-state index in [-0.39, 0.29) is 11.3 Å². The third-order valence-electron chi connectivity index (χ3n) is 4.62. The highest BCUT2D eigenvalue weighted by Gasteiger charge is 2.44. The molecule has 2 rings (SSSR count). The zero-order valence-corrected chi connectivity index (χ0v) is 9.63. The summed E-state index contributed by atoms with van der Waals surface area (Å²) < 4.78 is 0. The summed E-state index contributed by atoms with van der Waals surface area (Å²) in [5.74, 6) is 0.601. The monoisotopic (exact) mass is 209 g/mol. The van der Waals surface area contributed by atoms with E-state index in [9.17, 15) is 4.79 Å². The predicted molar refractivity (Wildman–Crippen MR) is 61.3 cm³/mol. The lowest BCUT2D eigenvalue weighted by Crippen LogP contribution is -2.42. The minimum Gasteiger partial charge on any atom is -0.369 e. The molecule has 2 heteroatoms. The molecule has 0 aromatic rings. The van der Waals surface area contributed by atoms with Crippen molar-refractivity contribution in [3.63, 3.8) is 0 Å². The molecule has 86 valence electrons. The normalized spacial score (nSPS) is 27.5. The maximum absolute atomic E-state index is 11.8. The van der Waals surface area contributed by atoms with Crippen LogP contribution in [0.5, 0.6) is 0 Å². The fraction of sp³-hybridized carbons (Fsp3) is 0.923. The van der Waals surface area contributed by atoms with E-state index in [2.05, 4.69) is 0 Å². The van der Waals surface area contributed by atoms with E-state index in [1.807, 2.05) is 0 Å². The molecular weight excluding hydrogens is 186 g/mol. The van der Waals surface area contributed by atoms with Gasteiger partial charge in [0.15, 0.2) is 0 Å². The summed E-state index contributed by atoms with van der Waals surface area (Å²) in [5.41, 5.74) is 5.59. The van der Waals surface area contributed by atoms with Crippen molar-refractivity contribution in [1.82, 2.24) is 0 Å². The number of rotatable bonds is 2. The van der Waals surface area contributed by atoms with Crippen LogP contribution in [0.3, 0.4) is 0 Å². The fourth-order valence-corrected chi connectivity index (χ4v) is 3.69. The van der Waals surface area contributed by atoms with Crippen LogP contribution >= 0.6 is 0 Å². The molecule has 2 aliphatic carbocycles. The quantitative estimate of drug-likeness (QED) is 0.698. The van der Waals surface area contributed by atoms with Crippen LogP contribution < -0.4 is 5.73 Å². The minimum atomic E-state index is -0.118. The highest BCUT2D eigenvalue weighted by molar-refractivity contribution is 5.81. The van der Waals surface area contributed by atoms with Gasteiger partial charge < -0.3 is 5.73 Å². The SMILES string of the molecule is NC(=O)C1(C2CCCC2)CCCCCC1. The average Bonchev–Trinajstić information content (AvgIpc) is 2.63. The Bertz CT molecular complexity index is 223. The first kappa shape index (κ1) is 11.0. The summed E-state index contributed by atoms with van der Waals surface area (Å²) in [6.07, 6.45) is 12.2. The Morgan fingerprint density at radius 1 is 0.933 bits per heavy atom. The molecule has 2 aliphatic rings. The van der Waals surface area contributed by atoms with Crippen LogP contribution in [0.25, 0.3) is 0 Å². The van der Waals surface area contributed by atoms with E-state index >= 15 is 0 Å². The number of primary amides is 1. The van der Waals surface area contributed by atoms with Gasteiger partial charge in [0.2, 0.25) is 5.91 Å². The van der Waals surface area contributed by atoms with Crippen molar-refractivity contribution < 1.29 is 4.79 Å². The van der Waals surface area contributed by atoms with Crippen molar-refractivity contribution in [1.29, 1.82) is 0 Å². The van der Waals surface area contributed by atoms with E-state index in [1.165, 1.54) is 51.4 Å². The van der Waals surface area contributed by atoms with E-state index in [0.717, 1.165) is 12.8 Å². The Labute approximate surface area is 92.6 Å². The lowest BCUT2D eigenvalue weighted by Gasteiger charge is -2.35. The molecule has 2 saturated carbocycles. The first-order valence-corrected chi connectivity index (χ1v) is 6.56. The minimum absolute atomic E-state index is 0.00343. The smallest absolute Gasteiger partial charge is 0.223 e. The van der Waals surface area contributed by atoms with Gasteiger partial charge in [-0.2, -0.15) is 0 Å². The molecule has 0 aliphatic heterocycles. The molecule has 0 spiro atoms. The van der Waals surface area contributed by atoms with Gasteiger partial charge in [-0.25, -0.2) is 0 Å². The zero-order chi connectivity index (χ0) is 10.7. The molecule has 2 N–H and O–H groups in total. The van der Waals surface area contributed by atoms with Crippen molar-refractivity contribution in [2.45, 2.75) is 64.2 Å². The molecule has 15 heavy (non-hydrogen) atoms. The Morgan fingerprint density at radius 2 is 1.47 bits per heavy atom. The molecule has 0 unspecified atom stereocenters. The molecule has 0 saturated heterocycles. The van der Waals surface area contributed by atoms with Crippen molar-refractivity contribution >= 4 is 5.91 Å². The van der Waals surface area contributed by atoms with Gasteiger partial charge in [-0.3, -0.25) is 4.79 Å². The summed E-state index contributed by atoms with van der Waals surface area (Å²) in [6.45, 7) is 0. The molecule has 0 radical (unpaired) electrons. The second-order valence-corrected chi connectivity index (χ2v) is 5.42. The third kappa shape index (κ3) is 2.04. The van der Waals surface area contributed by atoms with Crippen LogP contribution in [0.15, 0.2) is 0 Å². The summed E-state index contributed by atoms with van der Waals surface area (Å²) in [5, 5.41) is 0. The first-order chi connectivity index (χ1) is 7.26. The lowest BCUT2D eigenvalue weighted by atomic mass is 9.68. The van der Waals surface area contributed by atoms with Gasteiger partial charge >= 0.3 is 0 Å². The predicted octanol–water partition coefficient (Wildman–Crippen LogP) is 3.00. The standard InChI is InChI=1S/C13H23NO/c14-12(15)13(11-7-3-4-8-11)9-5-1-2-6-10-13/h11H,1-10H2,(H2,14,15). The number of carbonyl (C=O) groups excluding carboxylic acids is 1. The zero-order valence-electron chi connectivity index (χ0n) is 9.63. The van der Waals surface area contributed by atoms with Gasteiger partial charge in [0.05, 0.1) is 5.41 Å². The Morgan fingerprint density at radius 3 is 1.93 bits per heavy atom. The van der Waals surface area contributed by atoms with Crippen LogP contribution in [0, 0.1) is 11.3 Å². The average molecular weight is 209 g/mol. The van der Waals surface area contributed by atoms with Gasteiger partial charge in [0.1, 0.15) is 0 Å². The molecule has 0 aromatic carbocycles. The Balaban J connectivity index is 2.16. The summed E-state index contributed by atoms with van der Waals surface area (Å²) >= 11 is 0. The molecule has 2 nitrogen and oxygen atoms in total. The third-order valence-corrected chi connectivity index (χ3v) is 4.62. The molecule has 2 fully saturated rings. The second-order valence-electron chi connectivity index (χ2n) is 5.42. The van der Waals surface area contributed by atoms with E-state index < -0.39 is 0 Å². The number of nitrogens with two attached hydrogens (primary N) is 1. The van der Waals surface area contributed by atoms with Gasteiger partial charge in [0, 0.05) is 0 Å². The molecule has 0 heterocycles. The Kier molecular flexibility index (Phi) is 3.32. The van der Waals surface area contributed by atoms with Crippen LogP contribution in [0.4, 0.5) is 0 Å². The van der Waals surface area contributed by atoms with Gasteiger partial charge in [0.25, 0.3) is 0 Å². The van der Waals surface area contributed by atoms with Crippen molar-refractivity contribution in [3.05, 3.63) is 0 Å². The summed E-state index contributed by atoms with van der Waals surface area (Å²) in [6, 6.07) is 0. The lowest BCUT2D eigenvalue weighted by molar-refractivity contribution is -0.132. The first-order valence-electron chi connectivity index (χ1n) is 6.56. The van der Waals surface area contributed by atoms with Crippen molar-refractivity contribution in [2.75, 3.05) is 0 Å². The number of hydrogen-bond donors (Lipinski definition) is 1. The largest absolute Gasteiger partial charge is 0.369 e. The highest BCUT2D eigenvalue weighted by Crippen LogP contribution is 2.48. The van der Waals surface area contributed by atoms with Crippen LogP contribution in [-0.2, 0) is 4.79 Å². The summed E-state index contributed by atoms with van der Waals surface area (Å²) in [4.78, 5) is 11.8. The molecule has 0 bridgehead atoms. The van der Waals surface area contributed by atoms with Crippen molar-refractivity contribution in [3.8, 4) is 0 Å². The number of carbonyl (C=O) groups is 1. The topological polar surface area (TPSA) is 43.1 Å². The fourth-order valence-electron chi connectivity index (χ4n) is 3.69. The van der Waals surface area contributed by atoms with E-state index in [0.29, 0.717) is 5.92 Å².